The van der Waals surface area contributed by atoms with E-state index in [2.05, 4.69) is 34.5 Å². The Balaban J connectivity index is 1.73. The standard InChI is InChI=1S/C22H27F3N6S/c1-12(2)11-30-20(27-28-21(30)32)17-10-19-26-16(9-18(22(23,24)25)31(19)29-17)15-7-5-14(6-8-15)13(3)4/h5-8,10,12-13,16,18,26H,9,11H2,1-4H3,(H,28,32). The van der Waals surface area contributed by atoms with Gasteiger partial charge >= 0.3 is 6.18 Å². The van der Waals surface area contributed by atoms with E-state index in [1.807, 2.05) is 38.1 Å². The maximum atomic E-state index is 14.0. The lowest BCUT2D eigenvalue weighted by Gasteiger charge is -2.33. The average Bonchev–Trinajstić information content (AvgIpc) is 3.29. The predicted molar refractivity (Wildman–Crippen MR) is 120 cm³/mol. The maximum Gasteiger partial charge on any atom is 0.410 e. The summed E-state index contributed by atoms with van der Waals surface area (Å²) in [6.45, 7) is 8.83. The van der Waals surface area contributed by atoms with Gasteiger partial charge in [-0.2, -0.15) is 23.4 Å². The Hall–Kier alpha value is -2.62. The lowest BCUT2D eigenvalue weighted by molar-refractivity contribution is -0.173. The van der Waals surface area contributed by atoms with E-state index in [9.17, 15) is 13.2 Å². The minimum atomic E-state index is -4.43. The van der Waals surface area contributed by atoms with Crippen LogP contribution in [0, 0.1) is 10.7 Å². The normalized spacial score (nSPS) is 18.8. The number of halogens is 3. The van der Waals surface area contributed by atoms with Gasteiger partial charge in [-0.25, -0.2) is 4.68 Å². The summed E-state index contributed by atoms with van der Waals surface area (Å²) < 4.78 is 45.3. The minimum absolute atomic E-state index is 0.141. The molecule has 1 aliphatic rings. The second-order valence-corrected chi connectivity index (χ2v) is 9.41. The van der Waals surface area contributed by atoms with Crippen LogP contribution < -0.4 is 5.32 Å². The number of alkyl halides is 3. The maximum absolute atomic E-state index is 14.0. The zero-order valence-corrected chi connectivity index (χ0v) is 19.3. The van der Waals surface area contributed by atoms with E-state index in [1.165, 1.54) is 0 Å². The van der Waals surface area contributed by atoms with E-state index in [4.69, 9.17) is 12.2 Å². The molecule has 0 aliphatic carbocycles. The van der Waals surface area contributed by atoms with Crippen LogP contribution >= 0.6 is 12.2 Å². The summed E-state index contributed by atoms with van der Waals surface area (Å²) in [6.07, 6.45) is -4.57. The Morgan fingerprint density at radius 1 is 1.16 bits per heavy atom. The van der Waals surface area contributed by atoms with Gasteiger partial charge in [-0.05, 0) is 35.2 Å². The van der Waals surface area contributed by atoms with Crippen molar-refractivity contribution in [3.8, 4) is 11.5 Å². The van der Waals surface area contributed by atoms with Gasteiger partial charge in [0.05, 0.1) is 6.04 Å². The zero-order chi connectivity index (χ0) is 23.2. The van der Waals surface area contributed by atoms with Crippen molar-refractivity contribution in [3.63, 3.8) is 0 Å². The first kappa shape index (κ1) is 22.6. The van der Waals surface area contributed by atoms with E-state index < -0.39 is 18.3 Å². The second kappa shape index (κ2) is 8.38. The van der Waals surface area contributed by atoms with Gasteiger partial charge in [-0.15, -0.1) is 0 Å². The molecule has 0 saturated heterocycles. The number of anilines is 1. The molecule has 2 unspecified atom stereocenters. The van der Waals surface area contributed by atoms with Crippen LogP contribution in [0.3, 0.4) is 0 Å². The van der Waals surface area contributed by atoms with Crippen LogP contribution in [-0.4, -0.2) is 30.7 Å². The number of nitrogens with zero attached hydrogens (tertiary/aromatic N) is 4. The molecule has 3 heterocycles. The Bertz CT molecular complexity index is 1140. The van der Waals surface area contributed by atoms with Crippen molar-refractivity contribution < 1.29 is 13.2 Å². The number of H-pyrrole nitrogens is 1. The van der Waals surface area contributed by atoms with E-state index >= 15 is 0 Å². The molecule has 0 spiro atoms. The molecule has 2 N–H and O–H groups in total. The summed E-state index contributed by atoms with van der Waals surface area (Å²) in [4.78, 5) is 0. The van der Waals surface area contributed by atoms with Crippen molar-refractivity contribution in [2.45, 2.75) is 64.8 Å². The molecular formula is C22H27F3N6S. The molecule has 0 saturated carbocycles. The molecule has 0 bridgehead atoms. The highest BCUT2D eigenvalue weighted by Gasteiger charge is 2.46. The molecule has 2 aromatic heterocycles. The summed E-state index contributed by atoms with van der Waals surface area (Å²) >= 11 is 5.31. The van der Waals surface area contributed by atoms with Crippen molar-refractivity contribution >= 4 is 18.0 Å². The Morgan fingerprint density at radius 2 is 1.84 bits per heavy atom. The van der Waals surface area contributed by atoms with Crippen LogP contribution in [0.1, 0.15) is 63.2 Å². The third kappa shape index (κ3) is 4.32. The number of nitrogens with one attached hydrogen (secondary N) is 2. The molecule has 1 aromatic carbocycles. The van der Waals surface area contributed by atoms with Crippen LogP contribution in [0.15, 0.2) is 30.3 Å². The summed E-state index contributed by atoms with van der Waals surface area (Å²) in [7, 11) is 0. The molecule has 0 radical (unpaired) electrons. The van der Waals surface area contributed by atoms with Gasteiger partial charge in [-0.3, -0.25) is 9.67 Å². The smallest absolute Gasteiger partial charge is 0.363 e. The number of hydrogen-bond acceptors (Lipinski definition) is 4. The summed E-state index contributed by atoms with van der Waals surface area (Å²) in [5, 5.41) is 14.5. The number of aromatic nitrogens is 5. The van der Waals surface area contributed by atoms with Gasteiger partial charge in [0.1, 0.15) is 11.5 Å². The van der Waals surface area contributed by atoms with E-state index in [-0.39, 0.29) is 12.3 Å². The largest absolute Gasteiger partial charge is 0.410 e. The number of fused-ring (bicyclic) bond motifs is 1. The summed E-state index contributed by atoms with van der Waals surface area (Å²) in [5.74, 6) is 1.40. The molecular weight excluding hydrogens is 437 g/mol. The lowest BCUT2D eigenvalue weighted by atomic mass is 9.94. The molecule has 3 aromatic rings. The fraction of sp³-hybridized carbons (Fsp3) is 0.500. The molecule has 2 atom stereocenters. The highest BCUT2D eigenvalue weighted by Crippen LogP contribution is 2.44. The van der Waals surface area contributed by atoms with Crippen molar-refractivity contribution in [3.05, 3.63) is 46.2 Å². The zero-order valence-electron chi connectivity index (χ0n) is 18.4. The Labute approximate surface area is 189 Å². The summed E-state index contributed by atoms with van der Waals surface area (Å²) in [6, 6.07) is 7.17. The summed E-state index contributed by atoms with van der Waals surface area (Å²) in [5.41, 5.74) is 2.32. The monoisotopic (exact) mass is 464 g/mol. The van der Waals surface area contributed by atoms with Crippen molar-refractivity contribution in [2.75, 3.05) is 5.32 Å². The number of benzene rings is 1. The fourth-order valence-electron chi connectivity index (χ4n) is 4.06. The van der Waals surface area contributed by atoms with Crippen molar-refractivity contribution in [1.29, 1.82) is 0 Å². The van der Waals surface area contributed by atoms with Gasteiger partial charge in [-0.1, -0.05) is 52.0 Å². The highest BCUT2D eigenvalue weighted by atomic mass is 32.1. The van der Waals surface area contributed by atoms with Crippen LogP contribution in [0.25, 0.3) is 11.5 Å². The Morgan fingerprint density at radius 3 is 2.44 bits per heavy atom. The first-order valence-electron chi connectivity index (χ1n) is 10.7. The van der Waals surface area contributed by atoms with Gasteiger partial charge in [0, 0.05) is 19.0 Å². The topological polar surface area (TPSA) is 63.5 Å². The van der Waals surface area contributed by atoms with Crippen LogP contribution in [0.2, 0.25) is 0 Å². The molecule has 6 nitrogen and oxygen atoms in total. The minimum Gasteiger partial charge on any atom is -0.363 e. The average molecular weight is 465 g/mol. The van der Waals surface area contributed by atoms with Gasteiger partial charge in [0.15, 0.2) is 16.6 Å². The van der Waals surface area contributed by atoms with Crippen LogP contribution in [-0.2, 0) is 6.54 Å². The van der Waals surface area contributed by atoms with E-state index in [0.29, 0.717) is 34.6 Å². The molecule has 1 aliphatic heterocycles. The third-order valence-electron chi connectivity index (χ3n) is 5.73. The predicted octanol–water partition coefficient (Wildman–Crippen LogP) is 6.24. The molecule has 0 fully saturated rings. The molecule has 4 rings (SSSR count). The van der Waals surface area contributed by atoms with Gasteiger partial charge < -0.3 is 5.32 Å². The van der Waals surface area contributed by atoms with Gasteiger partial charge in [0.2, 0.25) is 0 Å². The number of aromatic amines is 1. The number of rotatable bonds is 5. The van der Waals surface area contributed by atoms with Crippen LogP contribution in [0.4, 0.5) is 19.0 Å². The van der Waals surface area contributed by atoms with Crippen LogP contribution in [0.5, 0.6) is 0 Å². The first-order valence-corrected chi connectivity index (χ1v) is 11.1. The SMILES string of the molecule is CC(C)Cn1c(-c2cc3n(n2)C(C(F)(F)F)CC(c2ccc(C(C)C)cc2)N3)n[nH]c1=S. The lowest BCUT2D eigenvalue weighted by Crippen LogP contribution is -2.35. The molecule has 10 heteroatoms. The fourth-order valence-corrected chi connectivity index (χ4v) is 4.27. The Kier molecular flexibility index (Phi) is 5.91. The first-order chi connectivity index (χ1) is 15.0. The van der Waals surface area contributed by atoms with Crippen molar-refractivity contribution in [2.24, 2.45) is 5.92 Å². The second-order valence-electron chi connectivity index (χ2n) is 9.03. The molecule has 0 amide bonds. The van der Waals surface area contributed by atoms with Crippen molar-refractivity contribution in [1.82, 2.24) is 24.5 Å². The quantitative estimate of drug-likeness (QED) is 0.439. The molecule has 32 heavy (non-hydrogen) atoms. The third-order valence-corrected chi connectivity index (χ3v) is 6.04. The van der Waals surface area contributed by atoms with Gasteiger partial charge in [0.25, 0.3) is 0 Å². The highest BCUT2D eigenvalue weighted by molar-refractivity contribution is 7.71. The number of hydrogen-bond donors (Lipinski definition) is 2. The molecule has 172 valence electrons. The van der Waals surface area contributed by atoms with E-state index in [1.54, 1.807) is 10.6 Å². The van der Waals surface area contributed by atoms with E-state index in [0.717, 1.165) is 15.8 Å².